The van der Waals surface area contributed by atoms with Crippen molar-refractivity contribution in [2.45, 2.75) is 25.7 Å². The molecule has 0 spiro atoms. The van der Waals surface area contributed by atoms with E-state index in [1.807, 2.05) is 33.5 Å². The maximum Gasteiger partial charge on any atom is 0.227 e. The van der Waals surface area contributed by atoms with Crippen LogP contribution in [0.5, 0.6) is 0 Å². The van der Waals surface area contributed by atoms with Crippen molar-refractivity contribution in [2.75, 3.05) is 26.2 Å². The van der Waals surface area contributed by atoms with Crippen molar-refractivity contribution in [3.8, 4) is 0 Å². The lowest BCUT2D eigenvalue weighted by Gasteiger charge is -2.22. The Hall–Kier alpha value is -2.15. The third-order valence-corrected chi connectivity index (χ3v) is 5.17. The number of hydrogen-bond acceptors (Lipinski definition) is 4. The maximum atomic E-state index is 12.4. The van der Waals surface area contributed by atoms with Gasteiger partial charge in [-0.15, -0.1) is 11.3 Å². The molecule has 0 saturated carbocycles. The van der Waals surface area contributed by atoms with Gasteiger partial charge in [0.2, 0.25) is 11.8 Å². The fourth-order valence-electron chi connectivity index (χ4n) is 2.91. The SMILES string of the molecule is O=C(CCc1cn[nH]c1)N1CCCN(C(=O)Cc2cccs2)CC1. The summed E-state index contributed by atoms with van der Waals surface area (Å²) in [7, 11) is 0. The molecule has 2 amide bonds. The molecule has 7 heteroatoms. The van der Waals surface area contributed by atoms with Gasteiger partial charge in [0.25, 0.3) is 0 Å². The summed E-state index contributed by atoms with van der Waals surface area (Å²) in [5.74, 6) is 0.314. The van der Waals surface area contributed by atoms with Gasteiger partial charge < -0.3 is 9.80 Å². The topological polar surface area (TPSA) is 69.3 Å². The predicted octanol–water partition coefficient (Wildman–Crippen LogP) is 1.71. The van der Waals surface area contributed by atoms with E-state index in [2.05, 4.69) is 10.2 Å². The van der Waals surface area contributed by atoms with E-state index in [1.54, 1.807) is 17.5 Å². The molecular formula is C17H22N4O2S. The van der Waals surface area contributed by atoms with Crippen LogP contribution in [0.25, 0.3) is 0 Å². The van der Waals surface area contributed by atoms with E-state index in [0.717, 1.165) is 30.0 Å². The van der Waals surface area contributed by atoms with Gasteiger partial charge in [0.1, 0.15) is 0 Å². The Balaban J connectivity index is 1.47. The molecule has 0 aliphatic carbocycles. The van der Waals surface area contributed by atoms with Crippen LogP contribution in [0.3, 0.4) is 0 Å². The highest BCUT2D eigenvalue weighted by atomic mass is 32.1. The van der Waals surface area contributed by atoms with E-state index in [1.165, 1.54) is 0 Å². The Morgan fingerprint density at radius 1 is 1.17 bits per heavy atom. The second-order valence-electron chi connectivity index (χ2n) is 5.98. The normalized spacial score (nSPS) is 15.3. The summed E-state index contributed by atoms with van der Waals surface area (Å²) >= 11 is 1.61. The number of H-pyrrole nitrogens is 1. The fourth-order valence-corrected chi connectivity index (χ4v) is 3.61. The number of aromatic amines is 1. The van der Waals surface area contributed by atoms with Crippen LogP contribution in [0.15, 0.2) is 29.9 Å². The molecule has 1 fully saturated rings. The standard InChI is InChI=1S/C17H22N4O2S/c22-16(5-4-14-12-18-19-13-14)20-6-2-7-21(9-8-20)17(23)11-15-3-1-10-24-15/h1,3,10,12-13H,2,4-9,11H2,(H,18,19). The van der Waals surface area contributed by atoms with Gasteiger partial charge in [-0.25, -0.2) is 0 Å². The molecule has 24 heavy (non-hydrogen) atoms. The Morgan fingerprint density at radius 2 is 1.96 bits per heavy atom. The Labute approximate surface area is 145 Å². The van der Waals surface area contributed by atoms with Gasteiger partial charge in [0, 0.05) is 43.7 Å². The Kier molecular flexibility index (Phi) is 5.63. The van der Waals surface area contributed by atoms with E-state index in [9.17, 15) is 9.59 Å². The number of nitrogens with one attached hydrogen (secondary N) is 1. The molecule has 0 bridgehead atoms. The van der Waals surface area contributed by atoms with Crippen molar-refractivity contribution in [2.24, 2.45) is 0 Å². The summed E-state index contributed by atoms with van der Waals surface area (Å²) in [6, 6.07) is 3.96. The number of carbonyl (C=O) groups is 2. The van der Waals surface area contributed by atoms with E-state index in [4.69, 9.17) is 0 Å². The van der Waals surface area contributed by atoms with Gasteiger partial charge in [-0.05, 0) is 29.9 Å². The number of thiophene rings is 1. The highest BCUT2D eigenvalue weighted by molar-refractivity contribution is 7.10. The van der Waals surface area contributed by atoms with Crippen molar-refractivity contribution >= 4 is 23.2 Å². The van der Waals surface area contributed by atoms with Gasteiger partial charge in [0.05, 0.1) is 12.6 Å². The van der Waals surface area contributed by atoms with E-state index >= 15 is 0 Å². The first-order chi connectivity index (χ1) is 11.7. The molecule has 2 aromatic rings. The molecule has 128 valence electrons. The molecule has 1 aliphatic heterocycles. The lowest BCUT2D eigenvalue weighted by Crippen LogP contribution is -2.38. The summed E-state index contributed by atoms with van der Waals surface area (Å²) in [5, 5.41) is 8.65. The third-order valence-electron chi connectivity index (χ3n) is 4.29. The van der Waals surface area contributed by atoms with E-state index in [-0.39, 0.29) is 11.8 Å². The second-order valence-corrected chi connectivity index (χ2v) is 7.01. The molecule has 0 unspecified atom stereocenters. The first-order valence-corrected chi connectivity index (χ1v) is 9.16. The van der Waals surface area contributed by atoms with Gasteiger partial charge in [-0.3, -0.25) is 14.7 Å². The predicted molar refractivity (Wildman–Crippen MR) is 92.7 cm³/mol. The van der Waals surface area contributed by atoms with Crippen LogP contribution in [-0.4, -0.2) is 58.0 Å². The van der Waals surface area contributed by atoms with E-state index in [0.29, 0.717) is 32.4 Å². The Morgan fingerprint density at radius 3 is 2.62 bits per heavy atom. The molecule has 1 aliphatic rings. The molecule has 0 aromatic carbocycles. The largest absolute Gasteiger partial charge is 0.341 e. The Bertz CT molecular complexity index is 654. The number of amides is 2. The number of nitrogens with zero attached hydrogens (tertiary/aromatic N) is 3. The quantitative estimate of drug-likeness (QED) is 0.896. The summed E-state index contributed by atoms with van der Waals surface area (Å²) in [5.41, 5.74) is 1.05. The van der Waals surface area contributed by atoms with Gasteiger partial charge in [0.15, 0.2) is 0 Å². The summed E-state index contributed by atoms with van der Waals surface area (Å²) in [6.07, 6.45) is 6.07. The number of rotatable bonds is 5. The zero-order valence-electron chi connectivity index (χ0n) is 13.6. The van der Waals surface area contributed by atoms with Crippen molar-refractivity contribution in [3.63, 3.8) is 0 Å². The van der Waals surface area contributed by atoms with Crippen molar-refractivity contribution in [1.82, 2.24) is 20.0 Å². The smallest absolute Gasteiger partial charge is 0.227 e. The monoisotopic (exact) mass is 346 g/mol. The molecule has 3 heterocycles. The highest BCUT2D eigenvalue weighted by Crippen LogP contribution is 2.13. The number of hydrogen-bond donors (Lipinski definition) is 1. The van der Waals surface area contributed by atoms with Gasteiger partial charge in [-0.2, -0.15) is 5.10 Å². The minimum absolute atomic E-state index is 0.156. The van der Waals surface area contributed by atoms with Crippen LogP contribution >= 0.6 is 11.3 Å². The molecule has 1 N–H and O–H groups in total. The summed E-state index contributed by atoms with van der Waals surface area (Å²) < 4.78 is 0. The van der Waals surface area contributed by atoms with Crippen molar-refractivity contribution in [3.05, 3.63) is 40.3 Å². The van der Waals surface area contributed by atoms with Crippen LogP contribution in [0.2, 0.25) is 0 Å². The average Bonchev–Trinajstić information content (AvgIpc) is 3.22. The summed E-state index contributed by atoms with van der Waals surface area (Å²) in [4.78, 5) is 29.6. The number of carbonyl (C=O) groups excluding carboxylic acids is 2. The van der Waals surface area contributed by atoms with Crippen LogP contribution in [0, 0.1) is 0 Å². The molecule has 1 saturated heterocycles. The van der Waals surface area contributed by atoms with E-state index < -0.39 is 0 Å². The lowest BCUT2D eigenvalue weighted by atomic mass is 10.2. The fraction of sp³-hybridized carbons (Fsp3) is 0.471. The van der Waals surface area contributed by atoms with Crippen molar-refractivity contribution in [1.29, 1.82) is 0 Å². The zero-order chi connectivity index (χ0) is 16.8. The van der Waals surface area contributed by atoms with Crippen LogP contribution < -0.4 is 0 Å². The third kappa shape index (κ3) is 4.44. The lowest BCUT2D eigenvalue weighted by molar-refractivity contribution is -0.133. The van der Waals surface area contributed by atoms with Crippen LogP contribution in [0.1, 0.15) is 23.3 Å². The summed E-state index contributed by atoms with van der Waals surface area (Å²) in [6.45, 7) is 2.71. The second kappa shape index (κ2) is 8.10. The minimum Gasteiger partial charge on any atom is -0.341 e. The number of aryl methyl sites for hydroxylation is 1. The molecular weight excluding hydrogens is 324 g/mol. The van der Waals surface area contributed by atoms with Gasteiger partial charge >= 0.3 is 0 Å². The van der Waals surface area contributed by atoms with Crippen LogP contribution in [-0.2, 0) is 22.4 Å². The average molecular weight is 346 g/mol. The number of aromatic nitrogens is 2. The van der Waals surface area contributed by atoms with Crippen LogP contribution in [0.4, 0.5) is 0 Å². The van der Waals surface area contributed by atoms with Crippen molar-refractivity contribution < 1.29 is 9.59 Å². The van der Waals surface area contributed by atoms with Gasteiger partial charge in [-0.1, -0.05) is 6.07 Å². The maximum absolute atomic E-state index is 12.4. The zero-order valence-corrected chi connectivity index (χ0v) is 14.4. The first-order valence-electron chi connectivity index (χ1n) is 8.28. The highest BCUT2D eigenvalue weighted by Gasteiger charge is 2.22. The molecule has 2 aromatic heterocycles. The molecule has 6 nitrogen and oxygen atoms in total. The molecule has 0 radical (unpaired) electrons. The minimum atomic E-state index is 0.156. The molecule has 3 rings (SSSR count). The molecule has 0 atom stereocenters. The first kappa shape index (κ1) is 16.7.